The SMILES string of the molecule is Cc1nc(Cl)nc(NC2CCOC2C2CC2)c1N. The quantitative estimate of drug-likeness (QED) is 0.821. The average Bonchev–Trinajstić information content (AvgIpc) is 3.07. The molecule has 0 bridgehead atoms. The zero-order chi connectivity index (χ0) is 12.7. The van der Waals surface area contributed by atoms with Crippen LogP contribution in [0, 0.1) is 12.8 Å². The molecule has 2 aliphatic rings. The second-order valence-corrected chi connectivity index (χ2v) is 5.39. The lowest BCUT2D eigenvalue weighted by molar-refractivity contribution is 0.0898. The van der Waals surface area contributed by atoms with Gasteiger partial charge in [-0.05, 0) is 43.7 Å². The Balaban J connectivity index is 1.79. The second-order valence-electron chi connectivity index (χ2n) is 5.05. The van der Waals surface area contributed by atoms with E-state index in [1.807, 2.05) is 6.92 Å². The van der Waals surface area contributed by atoms with Crippen LogP contribution in [0.1, 0.15) is 25.0 Å². The number of aromatic nitrogens is 2. The molecular weight excluding hydrogens is 252 g/mol. The fraction of sp³-hybridized carbons (Fsp3) is 0.667. The van der Waals surface area contributed by atoms with Gasteiger partial charge in [-0.2, -0.15) is 4.98 Å². The minimum Gasteiger partial charge on any atom is -0.394 e. The highest BCUT2D eigenvalue weighted by Gasteiger charge is 2.40. The fourth-order valence-corrected chi connectivity index (χ4v) is 2.70. The van der Waals surface area contributed by atoms with E-state index in [1.54, 1.807) is 0 Å². The van der Waals surface area contributed by atoms with Crippen LogP contribution in [0.5, 0.6) is 0 Å². The number of ether oxygens (including phenoxy) is 1. The van der Waals surface area contributed by atoms with Crippen LogP contribution < -0.4 is 11.1 Å². The number of hydrogen-bond donors (Lipinski definition) is 2. The topological polar surface area (TPSA) is 73.1 Å². The van der Waals surface area contributed by atoms with E-state index in [-0.39, 0.29) is 11.3 Å². The summed E-state index contributed by atoms with van der Waals surface area (Å²) in [4.78, 5) is 8.21. The third kappa shape index (κ3) is 2.24. The van der Waals surface area contributed by atoms with Gasteiger partial charge in [0.2, 0.25) is 5.28 Å². The minimum atomic E-state index is 0.228. The Morgan fingerprint density at radius 1 is 1.33 bits per heavy atom. The van der Waals surface area contributed by atoms with Gasteiger partial charge in [-0.15, -0.1) is 0 Å². The van der Waals surface area contributed by atoms with Gasteiger partial charge in [0.05, 0.1) is 23.5 Å². The maximum atomic E-state index is 5.98. The standard InChI is InChI=1S/C12H17ClN4O/c1-6-9(14)11(17-12(13)15-6)16-8-4-5-18-10(8)7-2-3-7/h7-8,10H,2-5,14H2,1H3,(H,15,16,17). The molecular formula is C12H17ClN4O. The highest BCUT2D eigenvalue weighted by molar-refractivity contribution is 6.28. The van der Waals surface area contributed by atoms with Crippen molar-refractivity contribution in [1.29, 1.82) is 0 Å². The Labute approximate surface area is 111 Å². The van der Waals surface area contributed by atoms with Crippen LogP contribution in [0.25, 0.3) is 0 Å². The average molecular weight is 269 g/mol. The van der Waals surface area contributed by atoms with Crippen LogP contribution in [0.15, 0.2) is 0 Å². The fourth-order valence-electron chi connectivity index (χ4n) is 2.49. The van der Waals surface area contributed by atoms with Gasteiger partial charge in [0, 0.05) is 6.61 Å². The van der Waals surface area contributed by atoms with E-state index in [1.165, 1.54) is 12.8 Å². The van der Waals surface area contributed by atoms with Crippen molar-refractivity contribution >= 4 is 23.1 Å². The van der Waals surface area contributed by atoms with Gasteiger partial charge in [-0.1, -0.05) is 0 Å². The molecule has 1 aliphatic carbocycles. The summed E-state index contributed by atoms with van der Waals surface area (Å²) in [5.41, 5.74) is 7.26. The van der Waals surface area contributed by atoms with E-state index < -0.39 is 0 Å². The normalized spacial score (nSPS) is 27.4. The van der Waals surface area contributed by atoms with Crippen LogP contribution in [0.2, 0.25) is 5.28 Å². The van der Waals surface area contributed by atoms with E-state index in [2.05, 4.69) is 15.3 Å². The Kier molecular flexibility index (Phi) is 3.03. The Hall–Kier alpha value is -1.07. The lowest BCUT2D eigenvalue weighted by Gasteiger charge is -2.21. The number of nitrogens with one attached hydrogen (secondary N) is 1. The zero-order valence-electron chi connectivity index (χ0n) is 10.3. The second kappa shape index (κ2) is 4.55. The van der Waals surface area contributed by atoms with Crippen LogP contribution in [0.4, 0.5) is 11.5 Å². The van der Waals surface area contributed by atoms with Crippen molar-refractivity contribution in [2.45, 2.75) is 38.3 Å². The minimum absolute atomic E-state index is 0.228. The molecule has 2 atom stereocenters. The molecule has 1 saturated heterocycles. The lowest BCUT2D eigenvalue weighted by atomic mass is 10.1. The molecule has 5 nitrogen and oxygen atoms in total. The molecule has 98 valence electrons. The van der Waals surface area contributed by atoms with Crippen molar-refractivity contribution < 1.29 is 4.74 Å². The highest BCUT2D eigenvalue weighted by Crippen LogP contribution is 2.40. The zero-order valence-corrected chi connectivity index (χ0v) is 11.1. The maximum absolute atomic E-state index is 5.98. The summed E-state index contributed by atoms with van der Waals surface area (Å²) in [5.74, 6) is 1.33. The summed E-state index contributed by atoms with van der Waals surface area (Å²) < 4.78 is 5.78. The van der Waals surface area contributed by atoms with Gasteiger partial charge in [0.25, 0.3) is 0 Å². The molecule has 0 amide bonds. The smallest absolute Gasteiger partial charge is 0.224 e. The molecule has 1 aromatic rings. The van der Waals surface area contributed by atoms with E-state index in [0.717, 1.165) is 13.0 Å². The van der Waals surface area contributed by atoms with E-state index in [4.69, 9.17) is 22.1 Å². The predicted octanol–water partition coefficient (Wildman–Crippen LogP) is 2.00. The van der Waals surface area contributed by atoms with E-state index in [9.17, 15) is 0 Å². The summed E-state index contributed by atoms with van der Waals surface area (Å²) >= 11 is 5.87. The van der Waals surface area contributed by atoms with Crippen molar-refractivity contribution in [2.75, 3.05) is 17.7 Å². The van der Waals surface area contributed by atoms with Gasteiger partial charge in [-0.25, -0.2) is 4.98 Å². The van der Waals surface area contributed by atoms with Gasteiger partial charge in [0.1, 0.15) is 0 Å². The van der Waals surface area contributed by atoms with Crippen LogP contribution in [0.3, 0.4) is 0 Å². The monoisotopic (exact) mass is 268 g/mol. The lowest BCUT2D eigenvalue weighted by Crippen LogP contribution is -2.31. The first-order chi connectivity index (χ1) is 8.65. The molecule has 2 unspecified atom stereocenters. The summed E-state index contributed by atoms with van der Waals surface area (Å²) in [6.45, 7) is 2.63. The van der Waals surface area contributed by atoms with Crippen LogP contribution >= 0.6 is 11.6 Å². The molecule has 1 aliphatic heterocycles. The molecule has 18 heavy (non-hydrogen) atoms. The number of aryl methyl sites for hydroxylation is 1. The Morgan fingerprint density at radius 3 is 2.83 bits per heavy atom. The first-order valence-corrected chi connectivity index (χ1v) is 6.70. The molecule has 1 saturated carbocycles. The number of hydrogen-bond acceptors (Lipinski definition) is 5. The number of nitrogen functional groups attached to an aromatic ring is 1. The molecule has 2 fully saturated rings. The first kappa shape index (κ1) is 12.0. The number of anilines is 2. The largest absolute Gasteiger partial charge is 0.394 e. The predicted molar refractivity (Wildman–Crippen MR) is 70.7 cm³/mol. The highest BCUT2D eigenvalue weighted by atomic mass is 35.5. The molecule has 3 N–H and O–H groups in total. The number of halogens is 1. The van der Waals surface area contributed by atoms with Crippen molar-refractivity contribution in [3.8, 4) is 0 Å². The molecule has 2 heterocycles. The number of rotatable bonds is 3. The van der Waals surface area contributed by atoms with E-state index >= 15 is 0 Å². The summed E-state index contributed by atoms with van der Waals surface area (Å²) in [5, 5.41) is 3.60. The van der Waals surface area contributed by atoms with Crippen molar-refractivity contribution in [1.82, 2.24) is 9.97 Å². The van der Waals surface area contributed by atoms with Gasteiger partial charge < -0.3 is 15.8 Å². The van der Waals surface area contributed by atoms with Gasteiger partial charge in [-0.3, -0.25) is 0 Å². The molecule has 3 rings (SSSR count). The molecule has 0 radical (unpaired) electrons. The summed E-state index contributed by atoms with van der Waals surface area (Å²) in [6.07, 6.45) is 3.81. The Bertz CT molecular complexity index is 464. The van der Waals surface area contributed by atoms with E-state index in [0.29, 0.717) is 29.2 Å². The molecule has 0 spiro atoms. The first-order valence-electron chi connectivity index (χ1n) is 6.33. The Morgan fingerprint density at radius 2 is 2.11 bits per heavy atom. The molecule has 0 aromatic carbocycles. The van der Waals surface area contributed by atoms with Crippen molar-refractivity contribution in [3.63, 3.8) is 0 Å². The third-order valence-electron chi connectivity index (χ3n) is 3.65. The van der Waals surface area contributed by atoms with Crippen LogP contribution in [-0.4, -0.2) is 28.7 Å². The van der Waals surface area contributed by atoms with Gasteiger partial charge >= 0.3 is 0 Å². The summed E-state index contributed by atoms with van der Waals surface area (Å²) in [6, 6.07) is 0.283. The summed E-state index contributed by atoms with van der Waals surface area (Å²) in [7, 11) is 0. The number of nitrogens with two attached hydrogens (primary N) is 1. The number of nitrogens with zero attached hydrogens (tertiary/aromatic N) is 2. The molecule has 1 aromatic heterocycles. The van der Waals surface area contributed by atoms with Gasteiger partial charge in [0.15, 0.2) is 5.82 Å². The van der Waals surface area contributed by atoms with Crippen LogP contribution in [-0.2, 0) is 4.74 Å². The van der Waals surface area contributed by atoms with Crippen molar-refractivity contribution in [3.05, 3.63) is 11.0 Å². The molecule has 6 heteroatoms. The maximum Gasteiger partial charge on any atom is 0.224 e. The van der Waals surface area contributed by atoms with Crippen molar-refractivity contribution in [2.24, 2.45) is 5.92 Å². The third-order valence-corrected chi connectivity index (χ3v) is 3.82.